The van der Waals surface area contributed by atoms with Crippen molar-refractivity contribution in [3.63, 3.8) is 0 Å². The van der Waals surface area contributed by atoms with Gasteiger partial charge in [0, 0.05) is 18.8 Å². The van der Waals surface area contributed by atoms with E-state index in [-0.39, 0.29) is 0 Å². The summed E-state index contributed by atoms with van der Waals surface area (Å²) < 4.78 is 5.70. The van der Waals surface area contributed by atoms with E-state index in [0.29, 0.717) is 0 Å². The highest BCUT2D eigenvalue weighted by atomic mass is 16.5. The van der Waals surface area contributed by atoms with E-state index in [0.717, 1.165) is 31.5 Å². The van der Waals surface area contributed by atoms with Crippen LogP contribution in [0.3, 0.4) is 0 Å². The van der Waals surface area contributed by atoms with Crippen molar-refractivity contribution in [2.45, 2.75) is 56.8 Å². The van der Waals surface area contributed by atoms with E-state index in [1.54, 1.807) is 0 Å². The fourth-order valence-corrected chi connectivity index (χ4v) is 4.38. The summed E-state index contributed by atoms with van der Waals surface area (Å²) in [5.74, 6) is 0. The lowest BCUT2D eigenvalue weighted by molar-refractivity contribution is -0.231. The van der Waals surface area contributed by atoms with Crippen molar-refractivity contribution in [1.29, 1.82) is 0 Å². The molecular weight excluding hydrogens is 370 g/mol. The van der Waals surface area contributed by atoms with E-state index in [4.69, 9.17) is 4.74 Å². The molecule has 29 heavy (non-hydrogen) atoms. The molecule has 2 aliphatic rings. The maximum atomic E-state index is 10.4. The summed E-state index contributed by atoms with van der Waals surface area (Å²) >= 11 is 0. The highest BCUT2D eigenvalue weighted by molar-refractivity contribution is 5.59. The lowest BCUT2D eigenvalue weighted by Crippen LogP contribution is -2.55. The van der Waals surface area contributed by atoms with Gasteiger partial charge in [-0.3, -0.25) is 0 Å². The Morgan fingerprint density at radius 1 is 1.00 bits per heavy atom. The number of benzene rings is 2. The average molecular weight is 399 g/mol. The first kappa shape index (κ1) is 20.3. The van der Waals surface area contributed by atoms with Gasteiger partial charge in [0.15, 0.2) is 0 Å². The minimum Gasteiger partial charge on any atom is -0.394 e. The van der Waals surface area contributed by atoms with Crippen molar-refractivity contribution < 1.29 is 25.2 Å². The Hall–Kier alpha value is -1.96. The molecule has 0 unspecified atom stereocenters. The number of aliphatic hydroxyl groups excluding tert-OH is 4. The summed E-state index contributed by atoms with van der Waals surface area (Å²) in [6, 6.07) is 14.6. The molecule has 2 aromatic rings. The van der Waals surface area contributed by atoms with Crippen molar-refractivity contribution in [2.24, 2.45) is 0 Å². The van der Waals surface area contributed by atoms with E-state index in [1.165, 1.54) is 22.4 Å². The Bertz CT molecular complexity index is 855. The van der Waals surface area contributed by atoms with Crippen LogP contribution in [0.15, 0.2) is 42.5 Å². The summed E-state index contributed by atoms with van der Waals surface area (Å²) in [7, 11) is 0. The molecule has 4 N–H and O–H groups in total. The molecule has 0 aliphatic carbocycles. The van der Waals surface area contributed by atoms with Gasteiger partial charge < -0.3 is 30.1 Å². The molecule has 5 atom stereocenters. The third kappa shape index (κ3) is 3.91. The van der Waals surface area contributed by atoms with Crippen molar-refractivity contribution in [3.8, 4) is 0 Å². The van der Waals surface area contributed by atoms with Gasteiger partial charge in [0.2, 0.25) is 0 Å². The molecule has 156 valence electrons. The standard InChI is InChI=1S/C23H29NO5/c1-2-14-4-3-5-15(10-14)12-24-9-8-16-11-17(6-7-18(16)24)23-22(28)21(27)20(26)19(13-25)29-23/h3-7,10-11,19-23,25-28H,2,8-9,12-13H2,1H3/t19-,20-,21+,22-,23+/m1/s1. The summed E-state index contributed by atoms with van der Waals surface area (Å²) in [4.78, 5) is 2.35. The van der Waals surface area contributed by atoms with Crippen molar-refractivity contribution in [1.82, 2.24) is 0 Å². The Morgan fingerprint density at radius 3 is 2.55 bits per heavy atom. The highest BCUT2D eigenvalue weighted by Gasteiger charge is 2.44. The third-order valence-electron chi connectivity index (χ3n) is 6.09. The lowest BCUT2D eigenvalue weighted by atomic mass is 9.90. The highest BCUT2D eigenvalue weighted by Crippen LogP contribution is 2.37. The molecule has 1 fully saturated rings. The summed E-state index contributed by atoms with van der Waals surface area (Å²) in [6.45, 7) is 3.51. The van der Waals surface area contributed by atoms with Crippen LogP contribution in [0.5, 0.6) is 0 Å². The van der Waals surface area contributed by atoms with Crippen LogP contribution in [0.4, 0.5) is 5.69 Å². The molecular formula is C23H29NO5. The Balaban J connectivity index is 1.54. The molecule has 0 aromatic heterocycles. The zero-order valence-corrected chi connectivity index (χ0v) is 16.6. The molecule has 0 radical (unpaired) electrons. The van der Waals surface area contributed by atoms with Crippen molar-refractivity contribution in [2.75, 3.05) is 18.1 Å². The first-order valence-electron chi connectivity index (χ1n) is 10.3. The fourth-order valence-electron chi connectivity index (χ4n) is 4.38. The second kappa shape index (κ2) is 8.42. The Labute approximate surface area is 171 Å². The van der Waals surface area contributed by atoms with Crippen LogP contribution < -0.4 is 4.90 Å². The maximum Gasteiger partial charge on any atom is 0.113 e. The molecule has 0 bridgehead atoms. The van der Waals surface area contributed by atoms with Crippen LogP contribution in [0.2, 0.25) is 0 Å². The van der Waals surface area contributed by atoms with Crippen LogP contribution in [-0.4, -0.2) is 58.0 Å². The number of aliphatic hydroxyl groups is 4. The van der Waals surface area contributed by atoms with E-state index in [2.05, 4.69) is 36.1 Å². The smallest absolute Gasteiger partial charge is 0.113 e. The van der Waals surface area contributed by atoms with Gasteiger partial charge in [0.05, 0.1) is 6.61 Å². The molecule has 2 aromatic carbocycles. The van der Waals surface area contributed by atoms with Crippen LogP contribution >= 0.6 is 0 Å². The normalized spacial score (nSPS) is 29.1. The zero-order valence-electron chi connectivity index (χ0n) is 16.6. The molecule has 6 heteroatoms. The number of rotatable bonds is 5. The second-order valence-electron chi connectivity index (χ2n) is 7.98. The number of anilines is 1. The SMILES string of the molecule is CCc1cccc(CN2CCc3cc([C@@H]4O[C@H](CO)[C@@H](O)[C@H](O)[C@H]4O)ccc32)c1. The summed E-state index contributed by atoms with van der Waals surface area (Å²) in [6.07, 6.45) is -3.71. The predicted molar refractivity (Wildman–Crippen MR) is 110 cm³/mol. The monoisotopic (exact) mass is 399 g/mol. The lowest BCUT2D eigenvalue weighted by Gasteiger charge is -2.40. The van der Waals surface area contributed by atoms with Crippen molar-refractivity contribution in [3.05, 3.63) is 64.7 Å². The van der Waals surface area contributed by atoms with Gasteiger partial charge in [-0.25, -0.2) is 0 Å². The zero-order chi connectivity index (χ0) is 20.5. The van der Waals surface area contributed by atoms with E-state index < -0.39 is 37.1 Å². The number of fused-ring (bicyclic) bond motifs is 1. The third-order valence-corrected chi connectivity index (χ3v) is 6.09. The number of ether oxygens (including phenoxy) is 1. The minimum atomic E-state index is -1.36. The second-order valence-corrected chi connectivity index (χ2v) is 7.98. The first-order valence-corrected chi connectivity index (χ1v) is 10.3. The van der Waals surface area contributed by atoms with E-state index >= 15 is 0 Å². The Kier molecular flexibility index (Phi) is 5.90. The van der Waals surface area contributed by atoms with Gasteiger partial charge in [-0.1, -0.05) is 43.3 Å². The van der Waals surface area contributed by atoms with Crippen LogP contribution in [-0.2, 0) is 24.1 Å². The van der Waals surface area contributed by atoms with Crippen molar-refractivity contribution >= 4 is 5.69 Å². The van der Waals surface area contributed by atoms with Gasteiger partial charge in [-0.2, -0.15) is 0 Å². The van der Waals surface area contributed by atoms with Gasteiger partial charge in [0.25, 0.3) is 0 Å². The fraction of sp³-hybridized carbons (Fsp3) is 0.478. The quantitative estimate of drug-likeness (QED) is 0.606. The molecule has 0 amide bonds. The van der Waals surface area contributed by atoms with Gasteiger partial charge >= 0.3 is 0 Å². The number of nitrogens with zero attached hydrogens (tertiary/aromatic N) is 1. The molecule has 0 saturated carbocycles. The van der Waals surface area contributed by atoms with Crippen LogP contribution in [0, 0.1) is 0 Å². The first-order chi connectivity index (χ1) is 14.0. The van der Waals surface area contributed by atoms with Gasteiger partial charge in [-0.05, 0) is 41.2 Å². The predicted octanol–water partition coefficient (Wildman–Crippen LogP) is 1.33. The van der Waals surface area contributed by atoms with Crippen LogP contribution in [0.1, 0.15) is 35.3 Å². The summed E-state index contributed by atoms with van der Waals surface area (Å²) in [5.41, 5.74) is 5.71. The number of hydrogen-bond acceptors (Lipinski definition) is 6. The molecule has 2 aliphatic heterocycles. The largest absolute Gasteiger partial charge is 0.394 e. The molecule has 6 nitrogen and oxygen atoms in total. The Morgan fingerprint density at radius 2 is 1.79 bits per heavy atom. The van der Waals surface area contributed by atoms with E-state index in [9.17, 15) is 20.4 Å². The molecule has 1 saturated heterocycles. The number of hydrogen-bond donors (Lipinski definition) is 4. The van der Waals surface area contributed by atoms with Gasteiger partial charge in [-0.15, -0.1) is 0 Å². The van der Waals surface area contributed by atoms with Crippen LogP contribution in [0.25, 0.3) is 0 Å². The molecule has 2 heterocycles. The summed E-state index contributed by atoms with van der Waals surface area (Å²) in [5, 5.41) is 39.9. The van der Waals surface area contributed by atoms with E-state index in [1.807, 2.05) is 18.2 Å². The average Bonchev–Trinajstić information content (AvgIpc) is 3.14. The maximum absolute atomic E-state index is 10.4. The molecule has 0 spiro atoms. The number of aryl methyl sites for hydroxylation is 1. The molecule has 4 rings (SSSR count). The van der Waals surface area contributed by atoms with Gasteiger partial charge in [0.1, 0.15) is 30.5 Å². The topological polar surface area (TPSA) is 93.4 Å². The minimum absolute atomic E-state index is 0.420.